The van der Waals surface area contributed by atoms with Gasteiger partial charge in [-0.2, -0.15) is 5.26 Å². The van der Waals surface area contributed by atoms with Crippen LogP contribution in [-0.4, -0.2) is 13.1 Å². The predicted molar refractivity (Wildman–Crippen MR) is 193 cm³/mol. The van der Waals surface area contributed by atoms with Crippen LogP contribution in [0.5, 0.6) is 0 Å². The Bertz CT molecular complexity index is 1360. The maximum absolute atomic E-state index is 9.78. The molecule has 0 spiro atoms. The van der Waals surface area contributed by atoms with Gasteiger partial charge in [-0.3, -0.25) is 0 Å². The van der Waals surface area contributed by atoms with E-state index in [-0.39, 0.29) is 10.6 Å². The van der Waals surface area contributed by atoms with Gasteiger partial charge in [-0.25, -0.2) is 0 Å². The lowest BCUT2D eigenvalue weighted by Crippen LogP contribution is -2.34. The largest absolute Gasteiger partial charge is 0.371 e. The van der Waals surface area contributed by atoms with Crippen LogP contribution in [0.3, 0.4) is 0 Å². The molecule has 2 unspecified atom stereocenters. The first-order valence-corrected chi connectivity index (χ1v) is 18.1. The fourth-order valence-electron chi connectivity index (χ4n) is 5.41. The van der Waals surface area contributed by atoms with Gasteiger partial charge in [-0.1, -0.05) is 115 Å². The van der Waals surface area contributed by atoms with Crippen molar-refractivity contribution in [3.05, 3.63) is 64.7 Å². The average Bonchev–Trinajstić information content (AvgIpc) is 3.38. The van der Waals surface area contributed by atoms with Gasteiger partial charge in [0.2, 0.25) is 0 Å². The molecule has 0 saturated heterocycles. The number of aryl methyl sites for hydroxylation is 1. The van der Waals surface area contributed by atoms with Gasteiger partial charge in [0.25, 0.3) is 0 Å². The molecular formula is C37H51ClN6S. The number of rotatable bonds is 20. The second-order valence-electron chi connectivity index (χ2n) is 11.9. The maximum Gasteiger partial charge on any atom is 0.161 e. The fourth-order valence-corrected chi connectivity index (χ4v) is 6.54. The van der Waals surface area contributed by atoms with Crippen LogP contribution in [-0.2, 0) is 6.42 Å². The van der Waals surface area contributed by atoms with Gasteiger partial charge < -0.3 is 4.90 Å². The van der Waals surface area contributed by atoms with Gasteiger partial charge in [-0.15, -0.1) is 20.5 Å². The first-order chi connectivity index (χ1) is 22.0. The van der Waals surface area contributed by atoms with Crippen molar-refractivity contribution in [1.82, 2.24) is 0 Å². The Hall–Kier alpha value is -3.08. The number of unbranched alkanes of at least 4 members (excludes halogenated alkanes) is 3. The summed E-state index contributed by atoms with van der Waals surface area (Å²) in [6.45, 7) is 13.5. The number of benzene rings is 2. The molecular weight excluding hydrogens is 596 g/mol. The van der Waals surface area contributed by atoms with Gasteiger partial charge in [0.05, 0.1) is 16.4 Å². The lowest BCUT2D eigenvalue weighted by atomic mass is 9.95. The van der Waals surface area contributed by atoms with E-state index in [0.29, 0.717) is 21.8 Å². The molecule has 2 atom stereocenters. The highest BCUT2D eigenvalue weighted by Gasteiger charge is 2.19. The molecule has 3 rings (SSSR count). The van der Waals surface area contributed by atoms with Crippen molar-refractivity contribution >= 4 is 50.0 Å². The van der Waals surface area contributed by atoms with Crippen molar-refractivity contribution in [2.75, 3.05) is 18.0 Å². The molecule has 8 heteroatoms. The number of halogens is 1. The summed E-state index contributed by atoms with van der Waals surface area (Å²) in [7, 11) is 0. The highest BCUT2D eigenvalue weighted by atomic mass is 35.5. The van der Waals surface area contributed by atoms with Crippen LogP contribution in [0.1, 0.15) is 110 Å². The van der Waals surface area contributed by atoms with E-state index in [1.807, 2.05) is 24.3 Å². The Labute approximate surface area is 280 Å². The number of nitrogens with zero attached hydrogens (tertiary/aromatic N) is 6. The summed E-state index contributed by atoms with van der Waals surface area (Å²) < 4.78 is 0. The molecule has 0 bridgehead atoms. The zero-order valence-electron chi connectivity index (χ0n) is 27.9. The van der Waals surface area contributed by atoms with Gasteiger partial charge >= 0.3 is 0 Å². The summed E-state index contributed by atoms with van der Waals surface area (Å²) in [6.07, 6.45) is 13.4. The van der Waals surface area contributed by atoms with E-state index in [1.54, 1.807) is 0 Å². The monoisotopic (exact) mass is 646 g/mol. The first-order valence-electron chi connectivity index (χ1n) is 17.0. The minimum absolute atomic E-state index is 0.257. The molecule has 242 valence electrons. The molecule has 0 aliphatic heterocycles. The molecule has 1 aromatic heterocycles. The van der Waals surface area contributed by atoms with E-state index in [4.69, 9.17) is 11.6 Å². The van der Waals surface area contributed by atoms with E-state index in [2.05, 4.69) is 90.3 Å². The summed E-state index contributed by atoms with van der Waals surface area (Å²) in [5, 5.41) is 28.5. The van der Waals surface area contributed by atoms with E-state index in [0.717, 1.165) is 30.9 Å². The third kappa shape index (κ3) is 11.7. The first kappa shape index (κ1) is 36.4. The highest BCUT2D eigenvalue weighted by Crippen LogP contribution is 2.45. The van der Waals surface area contributed by atoms with E-state index in [9.17, 15) is 5.26 Å². The molecule has 0 aliphatic carbocycles. The maximum atomic E-state index is 9.78. The predicted octanol–water partition coefficient (Wildman–Crippen LogP) is 13.7. The Morgan fingerprint density at radius 3 is 1.71 bits per heavy atom. The zero-order chi connectivity index (χ0) is 32.4. The number of anilines is 1. The van der Waals surface area contributed by atoms with Crippen molar-refractivity contribution in [3.63, 3.8) is 0 Å². The average molecular weight is 647 g/mol. The van der Waals surface area contributed by atoms with Crippen LogP contribution in [0, 0.1) is 23.2 Å². The second kappa shape index (κ2) is 20.1. The molecule has 3 aromatic rings. The molecule has 0 aliphatic rings. The molecule has 1 heterocycles. The number of hydrogen-bond acceptors (Lipinski definition) is 7. The SMILES string of the molecule is CCCCc1ccc(N=Nc2sc(N=Nc3ccc(N(CC(CC)CCCC)CC(CC)CCCC)cc3)c(C#N)c2Cl)cc1. The van der Waals surface area contributed by atoms with E-state index < -0.39 is 0 Å². The van der Waals surface area contributed by atoms with E-state index >= 15 is 0 Å². The number of nitriles is 1. The van der Waals surface area contributed by atoms with Crippen LogP contribution in [0.25, 0.3) is 0 Å². The summed E-state index contributed by atoms with van der Waals surface area (Å²) >= 11 is 7.73. The van der Waals surface area contributed by atoms with Crippen LogP contribution in [0.2, 0.25) is 5.02 Å². The van der Waals surface area contributed by atoms with Crippen molar-refractivity contribution in [1.29, 1.82) is 5.26 Å². The molecule has 0 radical (unpaired) electrons. The molecule has 0 fully saturated rings. The van der Waals surface area contributed by atoms with Gasteiger partial charge in [0.1, 0.15) is 11.6 Å². The van der Waals surface area contributed by atoms with Crippen LogP contribution >= 0.6 is 22.9 Å². The zero-order valence-corrected chi connectivity index (χ0v) is 29.5. The lowest BCUT2D eigenvalue weighted by molar-refractivity contribution is 0.403. The number of azo groups is 2. The van der Waals surface area contributed by atoms with Crippen LogP contribution in [0.4, 0.5) is 27.1 Å². The third-order valence-corrected chi connectivity index (χ3v) is 9.89. The van der Waals surface area contributed by atoms with Gasteiger partial charge in [0, 0.05) is 18.8 Å². The summed E-state index contributed by atoms with van der Waals surface area (Å²) in [5.41, 5.74) is 4.26. The Morgan fingerprint density at radius 2 is 1.22 bits per heavy atom. The summed E-state index contributed by atoms with van der Waals surface area (Å²) in [6, 6.07) is 18.6. The number of hydrogen-bond donors (Lipinski definition) is 0. The normalized spacial score (nSPS) is 13.0. The van der Waals surface area contributed by atoms with Crippen LogP contribution in [0.15, 0.2) is 69.0 Å². The second-order valence-corrected chi connectivity index (χ2v) is 13.3. The van der Waals surface area contributed by atoms with Crippen LogP contribution < -0.4 is 4.90 Å². The molecule has 0 N–H and O–H groups in total. The summed E-state index contributed by atoms with van der Waals surface area (Å²) in [5.74, 6) is 1.38. The molecule has 45 heavy (non-hydrogen) atoms. The van der Waals surface area contributed by atoms with Crippen molar-refractivity contribution in [2.24, 2.45) is 32.3 Å². The Morgan fingerprint density at radius 1 is 0.711 bits per heavy atom. The van der Waals surface area contributed by atoms with Gasteiger partial charge in [0.15, 0.2) is 10.0 Å². The molecule has 0 saturated carbocycles. The van der Waals surface area contributed by atoms with Gasteiger partial charge in [-0.05, 0) is 79.5 Å². The number of thiophene rings is 1. The van der Waals surface area contributed by atoms with Crippen molar-refractivity contribution in [2.45, 2.75) is 105 Å². The standard InChI is InChI=1S/C37H51ClN6S/c1-6-11-14-28(9-4)26-44(27-29(10-5)15-12-7-2)33-23-21-32(22-24-33)40-42-36-34(25-39)35(38)37(45-36)43-41-31-19-17-30(18-20-31)16-13-8-3/h17-24,28-29H,6-16,26-27H2,1-5H3. The lowest BCUT2D eigenvalue weighted by Gasteiger charge is -2.32. The van der Waals surface area contributed by atoms with Crippen molar-refractivity contribution in [3.8, 4) is 6.07 Å². The fraction of sp³-hybridized carbons (Fsp3) is 0.541. The Kier molecular flexibility index (Phi) is 16.3. The van der Waals surface area contributed by atoms with E-state index in [1.165, 1.54) is 86.8 Å². The topological polar surface area (TPSA) is 76.5 Å². The summed E-state index contributed by atoms with van der Waals surface area (Å²) in [4.78, 5) is 2.59. The quantitative estimate of drug-likeness (QED) is 0.114. The Balaban J connectivity index is 1.76. The molecule has 2 aromatic carbocycles. The minimum atomic E-state index is 0.257. The molecule has 6 nitrogen and oxygen atoms in total. The smallest absolute Gasteiger partial charge is 0.161 e. The van der Waals surface area contributed by atoms with Crippen molar-refractivity contribution < 1.29 is 0 Å². The highest BCUT2D eigenvalue weighted by molar-refractivity contribution is 7.20. The third-order valence-electron chi connectivity index (χ3n) is 8.45. The minimum Gasteiger partial charge on any atom is -0.371 e. The molecule has 0 amide bonds.